The molecule has 1 rings (SSSR count). The van der Waals surface area contributed by atoms with E-state index in [-0.39, 0.29) is 5.91 Å². The number of carbonyl (C=O) groups is 1. The van der Waals surface area contributed by atoms with E-state index in [0.717, 1.165) is 0 Å². The largest absolute Gasteiger partial charge is 0.380 e. The van der Waals surface area contributed by atoms with Gasteiger partial charge < -0.3 is 15.8 Å². The lowest BCUT2D eigenvalue weighted by Crippen LogP contribution is -2.27. The summed E-state index contributed by atoms with van der Waals surface area (Å²) in [4.78, 5) is 11.5. The second kappa shape index (κ2) is 6.91. The van der Waals surface area contributed by atoms with Crippen LogP contribution < -0.4 is 11.1 Å². The highest BCUT2D eigenvalue weighted by Gasteiger charge is 2.09. The molecule has 0 aliphatic heterocycles. The zero-order valence-corrected chi connectivity index (χ0v) is 9.35. The number of rotatable bonds is 7. The topological polar surface area (TPSA) is 95.1 Å². The molecule has 0 aliphatic carbocycles. The third-order valence-electron chi connectivity index (χ3n) is 1.87. The van der Waals surface area contributed by atoms with Crippen molar-refractivity contribution in [1.82, 2.24) is 20.3 Å². The Balaban J connectivity index is 2.34. The quantitative estimate of drug-likeness (QED) is 0.583. The minimum Gasteiger partial charge on any atom is -0.380 e. The third-order valence-corrected chi connectivity index (χ3v) is 1.87. The van der Waals surface area contributed by atoms with Crippen LogP contribution in [0.1, 0.15) is 17.4 Å². The van der Waals surface area contributed by atoms with Gasteiger partial charge in [-0.05, 0) is 6.92 Å². The van der Waals surface area contributed by atoms with Crippen molar-refractivity contribution >= 4 is 5.91 Å². The molecular formula is C9H17N5O2. The molecule has 7 heteroatoms. The molecule has 1 heterocycles. The Kier molecular flexibility index (Phi) is 5.44. The molecular weight excluding hydrogens is 210 g/mol. The van der Waals surface area contributed by atoms with Crippen molar-refractivity contribution in [2.75, 3.05) is 26.3 Å². The van der Waals surface area contributed by atoms with Crippen LogP contribution in [-0.4, -0.2) is 47.2 Å². The monoisotopic (exact) mass is 227 g/mol. The SMILES string of the molecule is CCOCCNC(=O)c1cn(CCN)nn1. The highest BCUT2D eigenvalue weighted by Crippen LogP contribution is 1.92. The van der Waals surface area contributed by atoms with Crippen LogP contribution in [0.15, 0.2) is 6.20 Å². The first-order valence-corrected chi connectivity index (χ1v) is 5.24. The number of nitrogens with two attached hydrogens (primary N) is 1. The van der Waals surface area contributed by atoms with Gasteiger partial charge in [-0.1, -0.05) is 5.21 Å². The number of hydrogen-bond donors (Lipinski definition) is 2. The number of ether oxygens (including phenoxy) is 1. The summed E-state index contributed by atoms with van der Waals surface area (Å²) in [7, 11) is 0. The average Bonchev–Trinajstić information content (AvgIpc) is 2.73. The molecule has 0 aliphatic rings. The van der Waals surface area contributed by atoms with Crippen molar-refractivity contribution in [3.63, 3.8) is 0 Å². The van der Waals surface area contributed by atoms with Gasteiger partial charge in [-0.15, -0.1) is 5.10 Å². The van der Waals surface area contributed by atoms with Gasteiger partial charge in [-0.3, -0.25) is 9.48 Å². The summed E-state index contributed by atoms with van der Waals surface area (Å²) in [6.45, 7) is 4.53. The summed E-state index contributed by atoms with van der Waals surface area (Å²) in [6.07, 6.45) is 1.57. The second-order valence-corrected chi connectivity index (χ2v) is 3.11. The predicted molar refractivity (Wildman–Crippen MR) is 57.9 cm³/mol. The molecule has 0 bridgehead atoms. The maximum absolute atomic E-state index is 11.5. The van der Waals surface area contributed by atoms with E-state index in [0.29, 0.717) is 38.5 Å². The van der Waals surface area contributed by atoms with E-state index in [9.17, 15) is 4.79 Å². The number of hydrogen-bond acceptors (Lipinski definition) is 5. The van der Waals surface area contributed by atoms with Crippen LogP contribution in [0.2, 0.25) is 0 Å². The lowest BCUT2D eigenvalue weighted by Gasteiger charge is -2.02. The number of nitrogens with zero attached hydrogens (tertiary/aromatic N) is 3. The smallest absolute Gasteiger partial charge is 0.273 e. The van der Waals surface area contributed by atoms with Gasteiger partial charge >= 0.3 is 0 Å². The van der Waals surface area contributed by atoms with Crippen molar-refractivity contribution in [2.45, 2.75) is 13.5 Å². The van der Waals surface area contributed by atoms with Gasteiger partial charge in [0, 0.05) is 19.7 Å². The van der Waals surface area contributed by atoms with Crippen LogP contribution in [0.3, 0.4) is 0 Å². The summed E-state index contributed by atoms with van der Waals surface area (Å²) in [5.74, 6) is -0.247. The van der Waals surface area contributed by atoms with Crippen molar-refractivity contribution in [3.05, 3.63) is 11.9 Å². The molecule has 0 spiro atoms. The first-order chi connectivity index (χ1) is 7.77. The van der Waals surface area contributed by atoms with E-state index in [4.69, 9.17) is 10.5 Å². The van der Waals surface area contributed by atoms with Crippen LogP contribution in [0.25, 0.3) is 0 Å². The van der Waals surface area contributed by atoms with E-state index in [2.05, 4.69) is 15.6 Å². The molecule has 90 valence electrons. The van der Waals surface area contributed by atoms with Crippen LogP contribution in [0, 0.1) is 0 Å². The molecule has 1 aromatic heterocycles. The number of aromatic nitrogens is 3. The zero-order valence-electron chi connectivity index (χ0n) is 9.35. The van der Waals surface area contributed by atoms with Gasteiger partial charge in [-0.2, -0.15) is 0 Å². The van der Waals surface area contributed by atoms with Crippen LogP contribution in [0.4, 0.5) is 0 Å². The highest BCUT2D eigenvalue weighted by atomic mass is 16.5. The number of amides is 1. The van der Waals surface area contributed by atoms with E-state index < -0.39 is 0 Å². The molecule has 0 radical (unpaired) electrons. The van der Waals surface area contributed by atoms with Gasteiger partial charge in [0.1, 0.15) is 0 Å². The molecule has 1 amide bonds. The lowest BCUT2D eigenvalue weighted by atomic mass is 10.4. The van der Waals surface area contributed by atoms with Crippen molar-refractivity contribution in [3.8, 4) is 0 Å². The fourth-order valence-electron chi connectivity index (χ4n) is 1.12. The standard InChI is InChI=1S/C9H17N5O2/c1-2-16-6-4-11-9(15)8-7-14(5-3-10)13-12-8/h7H,2-6,10H2,1H3,(H,11,15). The Labute approximate surface area is 93.9 Å². The van der Waals surface area contributed by atoms with Crippen LogP contribution >= 0.6 is 0 Å². The molecule has 7 nitrogen and oxygen atoms in total. The Morgan fingerprint density at radius 2 is 2.50 bits per heavy atom. The summed E-state index contributed by atoms with van der Waals surface area (Å²) in [5.41, 5.74) is 5.65. The maximum Gasteiger partial charge on any atom is 0.273 e. The number of nitrogens with one attached hydrogen (secondary N) is 1. The fourth-order valence-corrected chi connectivity index (χ4v) is 1.12. The zero-order chi connectivity index (χ0) is 11.8. The molecule has 0 atom stereocenters. The second-order valence-electron chi connectivity index (χ2n) is 3.11. The molecule has 0 fully saturated rings. The summed E-state index contributed by atoms with van der Waals surface area (Å²) < 4.78 is 6.63. The van der Waals surface area contributed by atoms with Gasteiger partial charge in [0.2, 0.25) is 0 Å². The summed E-state index contributed by atoms with van der Waals surface area (Å²) in [6, 6.07) is 0. The Hall–Kier alpha value is -1.47. The summed E-state index contributed by atoms with van der Waals surface area (Å²) in [5, 5.41) is 10.2. The molecule has 3 N–H and O–H groups in total. The first-order valence-electron chi connectivity index (χ1n) is 5.24. The molecule has 0 saturated carbocycles. The van der Waals surface area contributed by atoms with Crippen molar-refractivity contribution in [2.24, 2.45) is 5.73 Å². The lowest BCUT2D eigenvalue weighted by molar-refractivity contribution is 0.0917. The first kappa shape index (κ1) is 12.6. The molecule has 1 aromatic rings. The minimum atomic E-state index is -0.247. The van der Waals surface area contributed by atoms with E-state index in [1.807, 2.05) is 6.92 Å². The average molecular weight is 227 g/mol. The fraction of sp³-hybridized carbons (Fsp3) is 0.667. The van der Waals surface area contributed by atoms with Gasteiger partial charge in [0.25, 0.3) is 5.91 Å². The molecule has 0 aromatic carbocycles. The third kappa shape index (κ3) is 3.95. The Morgan fingerprint density at radius 1 is 1.69 bits per heavy atom. The molecule has 0 unspecified atom stereocenters. The van der Waals surface area contributed by atoms with Crippen molar-refractivity contribution in [1.29, 1.82) is 0 Å². The van der Waals surface area contributed by atoms with E-state index >= 15 is 0 Å². The van der Waals surface area contributed by atoms with Crippen LogP contribution in [0.5, 0.6) is 0 Å². The van der Waals surface area contributed by atoms with E-state index in [1.165, 1.54) is 4.68 Å². The Bertz CT molecular complexity index is 325. The highest BCUT2D eigenvalue weighted by molar-refractivity contribution is 5.91. The van der Waals surface area contributed by atoms with Gasteiger partial charge in [-0.25, -0.2) is 0 Å². The van der Waals surface area contributed by atoms with Crippen LogP contribution in [-0.2, 0) is 11.3 Å². The van der Waals surface area contributed by atoms with Crippen molar-refractivity contribution < 1.29 is 9.53 Å². The molecule has 16 heavy (non-hydrogen) atoms. The predicted octanol–water partition coefficient (Wildman–Crippen LogP) is -0.997. The number of carbonyl (C=O) groups excluding carboxylic acids is 1. The maximum atomic E-state index is 11.5. The Morgan fingerprint density at radius 3 is 3.19 bits per heavy atom. The normalized spacial score (nSPS) is 10.4. The van der Waals surface area contributed by atoms with Gasteiger partial charge in [0.15, 0.2) is 5.69 Å². The molecule has 0 saturated heterocycles. The summed E-state index contributed by atoms with van der Waals surface area (Å²) >= 11 is 0. The van der Waals surface area contributed by atoms with Gasteiger partial charge in [0.05, 0.1) is 19.3 Å². The van der Waals surface area contributed by atoms with E-state index in [1.54, 1.807) is 6.20 Å². The minimum absolute atomic E-state index is 0.247.